The van der Waals surface area contributed by atoms with Crippen LogP contribution in [0.1, 0.15) is 27.2 Å². The molecule has 2 N–H and O–H groups in total. The van der Waals surface area contributed by atoms with E-state index in [0.29, 0.717) is 17.0 Å². The summed E-state index contributed by atoms with van der Waals surface area (Å²) in [7, 11) is -4.93. The van der Waals surface area contributed by atoms with E-state index in [4.69, 9.17) is 18.5 Å². The monoisotopic (exact) mass is 632 g/mol. The van der Waals surface area contributed by atoms with E-state index in [1.807, 2.05) is 0 Å². The van der Waals surface area contributed by atoms with E-state index in [9.17, 15) is 32.8 Å². The van der Waals surface area contributed by atoms with E-state index in [2.05, 4.69) is 5.09 Å². The first kappa shape index (κ1) is 32.6. The zero-order chi connectivity index (χ0) is 31.7. The van der Waals surface area contributed by atoms with Crippen molar-refractivity contribution in [1.29, 1.82) is 0 Å². The summed E-state index contributed by atoms with van der Waals surface area (Å²) in [6.07, 6.45) is -9.91. The number of alkyl halides is 4. The lowest BCUT2D eigenvalue weighted by molar-refractivity contribution is -0.201. The summed E-state index contributed by atoms with van der Waals surface area (Å²) in [4.78, 5) is 36.5. The number of halogens is 4. The van der Waals surface area contributed by atoms with Crippen LogP contribution in [0.25, 0.3) is 10.8 Å². The molecule has 2 aliphatic rings. The quantitative estimate of drug-likeness (QED) is 0.162. The summed E-state index contributed by atoms with van der Waals surface area (Å²) in [5, 5.41) is 13.8. The molecule has 2 aliphatic heterocycles. The zero-order valence-electron chi connectivity index (χ0n) is 23.1. The maximum atomic E-state index is 15.2. The van der Waals surface area contributed by atoms with Crippen LogP contribution >= 0.6 is 7.75 Å². The Morgan fingerprint density at radius 3 is 2.49 bits per heavy atom. The van der Waals surface area contributed by atoms with Crippen LogP contribution in [0, 0.1) is 0 Å². The Morgan fingerprint density at radius 1 is 1.16 bits per heavy atom. The summed E-state index contributed by atoms with van der Waals surface area (Å²) in [6, 6.07) is 9.83. The van der Waals surface area contributed by atoms with E-state index in [-0.39, 0.29) is 10.6 Å². The van der Waals surface area contributed by atoms with E-state index in [1.165, 1.54) is 19.1 Å². The number of nitrogens with zero attached hydrogens (tertiary/aromatic N) is 1. The molecule has 1 fully saturated rings. The molecule has 43 heavy (non-hydrogen) atoms. The van der Waals surface area contributed by atoms with Crippen molar-refractivity contribution in [2.45, 2.75) is 69.6 Å². The van der Waals surface area contributed by atoms with Gasteiger partial charge < -0.3 is 19.1 Å². The Bertz CT molecular complexity index is 1470. The molecule has 0 bridgehead atoms. The highest BCUT2D eigenvalue weighted by Gasteiger charge is 2.72. The number of carbonyl (C=O) groups is 3. The first-order valence-electron chi connectivity index (χ1n) is 13.0. The Kier molecular flexibility index (Phi) is 9.33. The number of aliphatic hydroxyl groups is 1. The molecule has 4 rings (SSSR count). The average Bonchev–Trinajstić information content (AvgIpc) is 3.13. The van der Waals surface area contributed by atoms with Crippen LogP contribution < -0.4 is 9.61 Å². The molecular formula is C27H29F4N2O9P. The Hall–Kier alpha value is -3.36. The number of amides is 1. The second-order valence-corrected chi connectivity index (χ2v) is 11.9. The number of nitrogens with one attached hydrogen (secondary N) is 1. The summed E-state index contributed by atoms with van der Waals surface area (Å²) in [5.74, 6) is -7.39. The number of carbonyl (C=O) groups excluding carboxylic acids is 3. The summed E-state index contributed by atoms with van der Waals surface area (Å²) < 4.78 is 94.5. The second-order valence-electron chi connectivity index (χ2n) is 10.2. The first-order valence-corrected chi connectivity index (χ1v) is 14.6. The third-order valence-corrected chi connectivity index (χ3v) is 8.24. The van der Waals surface area contributed by atoms with Crippen molar-refractivity contribution in [3.63, 3.8) is 0 Å². The highest BCUT2D eigenvalue weighted by Crippen LogP contribution is 2.52. The molecule has 1 amide bonds. The maximum Gasteiger partial charge on any atom is 0.459 e. The third-order valence-electron chi connectivity index (χ3n) is 6.63. The van der Waals surface area contributed by atoms with Gasteiger partial charge in [0.05, 0.1) is 19.1 Å². The first-order chi connectivity index (χ1) is 20.1. The van der Waals surface area contributed by atoms with Gasteiger partial charge in [-0.25, -0.2) is 13.3 Å². The smallest absolute Gasteiger partial charge is 0.459 e. The fourth-order valence-electron chi connectivity index (χ4n) is 4.46. The number of ether oxygens (including phenoxy) is 2. The molecule has 0 saturated carbocycles. The molecule has 0 aliphatic carbocycles. The highest BCUT2D eigenvalue weighted by molar-refractivity contribution is 7.52. The van der Waals surface area contributed by atoms with Gasteiger partial charge in [-0.15, -0.1) is 0 Å². The van der Waals surface area contributed by atoms with Gasteiger partial charge in [-0.2, -0.15) is 13.9 Å². The molecule has 11 nitrogen and oxygen atoms in total. The lowest BCUT2D eigenvalue weighted by Gasteiger charge is -2.33. The van der Waals surface area contributed by atoms with Crippen molar-refractivity contribution in [3.05, 3.63) is 54.7 Å². The van der Waals surface area contributed by atoms with Crippen LogP contribution in [0.3, 0.4) is 0 Å². The van der Waals surface area contributed by atoms with Crippen molar-refractivity contribution in [3.8, 4) is 5.75 Å². The number of aliphatic hydroxyl groups excluding tert-OH is 1. The molecule has 2 aromatic carbocycles. The zero-order valence-corrected chi connectivity index (χ0v) is 24.0. The lowest BCUT2D eigenvalue weighted by Crippen LogP contribution is -2.55. The van der Waals surface area contributed by atoms with Gasteiger partial charge in [0, 0.05) is 11.6 Å². The summed E-state index contributed by atoms with van der Waals surface area (Å²) >= 11 is 0. The fraction of sp³-hybridized carbons (Fsp3) is 0.444. The van der Waals surface area contributed by atoms with Gasteiger partial charge in [0.15, 0.2) is 17.5 Å². The van der Waals surface area contributed by atoms with E-state index in [1.54, 1.807) is 44.2 Å². The Balaban J connectivity index is 1.68. The molecule has 0 radical (unpaired) electrons. The Labute approximate surface area is 243 Å². The molecule has 0 spiro atoms. The molecule has 2 heterocycles. The van der Waals surface area contributed by atoms with Crippen molar-refractivity contribution < 1.29 is 60.1 Å². The predicted molar refractivity (Wildman–Crippen MR) is 142 cm³/mol. The number of rotatable bonds is 11. The standard InChI is InChI=1S/C27H29F4N2O9P/c1-15(2)40-22(36)16(3)32-43(38,42-20-10-6-8-17-7-4-5-9-19(17)20)39-14-26(24(28)29)23(37)27(30,31)25(41-26)33-12-11-18(34)13-21(33)35/h4-12,15-16,23-25,37H,13-14H2,1-3H3,(H,32,38)/t16-,23+,25+,26+,43?/m0/s1. The molecule has 5 atom stereocenters. The van der Waals surface area contributed by atoms with Crippen LogP contribution in [0.5, 0.6) is 5.75 Å². The second kappa shape index (κ2) is 12.3. The number of fused-ring (bicyclic) bond motifs is 1. The van der Waals surface area contributed by atoms with Crippen molar-refractivity contribution in [1.82, 2.24) is 9.99 Å². The molecule has 1 saturated heterocycles. The van der Waals surface area contributed by atoms with Gasteiger partial charge in [-0.3, -0.25) is 23.8 Å². The number of ketones is 1. The average molecular weight is 633 g/mol. The lowest BCUT2D eigenvalue weighted by atomic mass is 9.95. The molecule has 16 heteroatoms. The van der Waals surface area contributed by atoms with Crippen molar-refractivity contribution >= 4 is 36.2 Å². The van der Waals surface area contributed by atoms with Gasteiger partial charge in [-0.1, -0.05) is 36.4 Å². The van der Waals surface area contributed by atoms with Gasteiger partial charge in [0.2, 0.25) is 12.1 Å². The topological polar surface area (TPSA) is 141 Å². The van der Waals surface area contributed by atoms with Crippen LogP contribution in [-0.4, -0.2) is 76.7 Å². The SMILES string of the molecule is CC(C)OC(=O)[C@H](C)NP(=O)(OC[C@@]1(C(F)F)O[C@@H](N2C=CC(=O)CC2=O)C(F)(F)[C@@H]1O)Oc1cccc2ccccc12. The molecule has 1 unspecified atom stereocenters. The van der Waals surface area contributed by atoms with Gasteiger partial charge >= 0.3 is 19.6 Å². The van der Waals surface area contributed by atoms with E-state index < -0.39 is 80.9 Å². The number of esters is 1. The van der Waals surface area contributed by atoms with Gasteiger partial charge in [0.25, 0.3) is 6.43 Å². The minimum absolute atomic E-state index is 0.0747. The summed E-state index contributed by atoms with van der Waals surface area (Å²) in [5.41, 5.74) is -3.54. The number of benzene rings is 2. The van der Waals surface area contributed by atoms with Crippen molar-refractivity contribution in [2.24, 2.45) is 0 Å². The molecule has 0 aromatic heterocycles. The maximum absolute atomic E-state index is 15.2. The van der Waals surface area contributed by atoms with Crippen LogP contribution in [0.4, 0.5) is 17.6 Å². The molecular weight excluding hydrogens is 603 g/mol. The summed E-state index contributed by atoms with van der Waals surface area (Å²) in [6.45, 7) is 2.67. The van der Waals surface area contributed by atoms with E-state index in [0.717, 1.165) is 6.08 Å². The van der Waals surface area contributed by atoms with Gasteiger partial charge in [0.1, 0.15) is 11.8 Å². The molecule has 234 valence electrons. The predicted octanol–water partition coefficient (Wildman–Crippen LogP) is 3.94. The number of allylic oxidation sites excluding steroid dienone is 1. The third kappa shape index (κ3) is 6.60. The van der Waals surface area contributed by atoms with Crippen LogP contribution in [0.2, 0.25) is 0 Å². The number of hydrogen-bond donors (Lipinski definition) is 2. The highest BCUT2D eigenvalue weighted by atomic mass is 31.2. The normalized spacial score (nSPS) is 25.8. The van der Waals surface area contributed by atoms with E-state index >= 15 is 8.78 Å². The van der Waals surface area contributed by atoms with Gasteiger partial charge in [-0.05, 0) is 38.3 Å². The minimum Gasteiger partial charge on any atom is -0.462 e. The van der Waals surface area contributed by atoms with Crippen molar-refractivity contribution in [2.75, 3.05) is 6.61 Å². The minimum atomic E-state index is -4.93. The largest absolute Gasteiger partial charge is 0.462 e. The van der Waals surface area contributed by atoms with Crippen LogP contribution in [-0.2, 0) is 32.9 Å². The number of hydrogen-bond acceptors (Lipinski definition) is 9. The van der Waals surface area contributed by atoms with Crippen LogP contribution in [0.15, 0.2) is 54.7 Å². The fourth-order valence-corrected chi connectivity index (χ4v) is 6.01. The molecule has 2 aromatic rings. The Morgan fingerprint density at radius 2 is 1.84 bits per heavy atom.